The topological polar surface area (TPSA) is 33.3 Å². The molecule has 1 aliphatic rings. The van der Waals surface area contributed by atoms with Crippen LogP contribution in [0.5, 0.6) is 5.75 Å². The molecule has 0 atom stereocenters. The van der Waals surface area contributed by atoms with E-state index in [0.29, 0.717) is 17.7 Å². The van der Waals surface area contributed by atoms with E-state index in [4.69, 9.17) is 4.74 Å². The average molecular weight is 266 g/mol. The van der Waals surface area contributed by atoms with Gasteiger partial charge in [-0.05, 0) is 50.8 Å². The van der Waals surface area contributed by atoms with Crippen molar-refractivity contribution in [3.05, 3.63) is 24.0 Å². The molecule has 0 spiro atoms. The van der Waals surface area contributed by atoms with Crippen LogP contribution in [0.1, 0.15) is 25.7 Å². The van der Waals surface area contributed by atoms with Gasteiger partial charge in [-0.25, -0.2) is 4.39 Å². The van der Waals surface area contributed by atoms with Crippen LogP contribution in [0, 0.1) is 11.7 Å². The summed E-state index contributed by atoms with van der Waals surface area (Å²) in [7, 11) is 3.51. The van der Waals surface area contributed by atoms with Gasteiger partial charge in [-0.15, -0.1) is 0 Å². The molecule has 2 N–H and O–H groups in total. The third kappa shape index (κ3) is 3.83. The number of benzene rings is 1. The zero-order valence-corrected chi connectivity index (χ0v) is 11.7. The molecule has 0 radical (unpaired) electrons. The van der Waals surface area contributed by atoms with Crippen molar-refractivity contribution in [3.63, 3.8) is 0 Å². The molecule has 106 valence electrons. The number of hydrogen-bond acceptors (Lipinski definition) is 3. The molecular weight excluding hydrogens is 243 g/mol. The van der Waals surface area contributed by atoms with Crippen molar-refractivity contribution in [2.24, 2.45) is 5.92 Å². The van der Waals surface area contributed by atoms with E-state index in [9.17, 15) is 4.39 Å². The lowest BCUT2D eigenvalue weighted by atomic mass is 9.86. The summed E-state index contributed by atoms with van der Waals surface area (Å²) in [6.07, 6.45) is 4.94. The van der Waals surface area contributed by atoms with E-state index in [2.05, 4.69) is 10.6 Å². The Bertz CT molecular complexity index is 403. The zero-order chi connectivity index (χ0) is 13.7. The minimum Gasteiger partial charge on any atom is -0.494 e. The van der Waals surface area contributed by atoms with E-state index >= 15 is 0 Å². The molecule has 4 heteroatoms. The molecule has 1 aromatic rings. The highest BCUT2D eigenvalue weighted by Crippen LogP contribution is 2.25. The summed E-state index contributed by atoms with van der Waals surface area (Å²) in [4.78, 5) is 0. The maximum atomic E-state index is 13.5. The number of rotatable bonds is 5. The quantitative estimate of drug-likeness (QED) is 0.859. The first-order valence-corrected chi connectivity index (χ1v) is 6.97. The molecule has 0 aromatic heterocycles. The fraction of sp³-hybridized carbons (Fsp3) is 0.600. The van der Waals surface area contributed by atoms with Gasteiger partial charge < -0.3 is 15.4 Å². The Morgan fingerprint density at radius 2 is 2.00 bits per heavy atom. The number of halogens is 1. The predicted molar refractivity (Wildman–Crippen MR) is 76.2 cm³/mol. The SMILES string of the molecule is CNC1CCC(CNc2ccc(OC)c(F)c2)CC1. The average Bonchev–Trinajstić information content (AvgIpc) is 2.46. The Kier molecular flexibility index (Phi) is 5.02. The third-order valence-corrected chi connectivity index (χ3v) is 4.00. The van der Waals surface area contributed by atoms with Gasteiger partial charge >= 0.3 is 0 Å². The molecule has 1 aliphatic carbocycles. The second-order valence-electron chi connectivity index (χ2n) is 5.24. The predicted octanol–water partition coefficient (Wildman–Crippen LogP) is 3.02. The molecule has 1 saturated carbocycles. The standard InChI is InChI=1S/C15H23FN2O/c1-17-12-5-3-11(4-6-12)10-18-13-7-8-15(19-2)14(16)9-13/h7-9,11-12,17-18H,3-6,10H2,1-2H3. The van der Waals surface area contributed by atoms with Crippen molar-refractivity contribution < 1.29 is 9.13 Å². The smallest absolute Gasteiger partial charge is 0.167 e. The summed E-state index contributed by atoms with van der Waals surface area (Å²) in [6, 6.07) is 5.70. The van der Waals surface area contributed by atoms with Crippen LogP contribution in [0.3, 0.4) is 0 Å². The Hall–Kier alpha value is -1.29. The maximum Gasteiger partial charge on any atom is 0.167 e. The minimum absolute atomic E-state index is 0.292. The Morgan fingerprint density at radius 1 is 1.26 bits per heavy atom. The Balaban J connectivity index is 1.81. The summed E-state index contributed by atoms with van der Waals surface area (Å²) >= 11 is 0. The van der Waals surface area contributed by atoms with E-state index in [1.54, 1.807) is 6.07 Å². The van der Waals surface area contributed by atoms with Gasteiger partial charge in [0.2, 0.25) is 0 Å². The first-order chi connectivity index (χ1) is 9.22. The fourth-order valence-corrected chi connectivity index (χ4v) is 2.69. The van der Waals surface area contributed by atoms with Crippen LogP contribution in [0.2, 0.25) is 0 Å². The van der Waals surface area contributed by atoms with Gasteiger partial charge in [0.25, 0.3) is 0 Å². The molecule has 0 amide bonds. The normalized spacial score (nSPS) is 23.1. The van der Waals surface area contributed by atoms with Crippen LogP contribution in [0.4, 0.5) is 10.1 Å². The summed E-state index contributed by atoms with van der Waals surface area (Å²) in [5.74, 6) is 0.668. The van der Waals surface area contributed by atoms with Crippen LogP contribution in [0.15, 0.2) is 18.2 Å². The lowest BCUT2D eigenvalue weighted by Crippen LogP contribution is -2.32. The van der Waals surface area contributed by atoms with Gasteiger partial charge in [-0.2, -0.15) is 0 Å². The monoisotopic (exact) mass is 266 g/mol. The molecule has 0 heterocycles. The number of nitrogens with one attached hydrogen (secondary N) is 2. The zero-order valence-electron chi connectivity index (χ0n) is 11.7. The van der Waals surface area contributed by atoms with Crippen LogP contribution in [-0.4, -0.2) is 26.7 Å². The number of methoxy groups -OCH3 is 1. The molecule has 19 heavy (non-hydrogen) atoms. The van der Waals surface area contributed by atoms with Crippen LogP contribution >= 0.6 is 0 Å². The molecule has 0 aliphatic heterocycles. The molecule has 0 bridgehead atoms. The fourth-order valence-electron chi connectivity index (χ4n) is 2.69. The lowest BCUT2D eigenvalue weighted by molar-refractivity contribution is 0.312. The first-order valence-electron chi connectivity index (χ1n) is 6.97. The van der Waals surface area contributed by atoms with Crippen LogP contribution < -0.4 is 15.4 Å². The van der Waals surface area contributed by atoms with Crippen molar-refractivity contribution in [2.75, 3.05) is 26.0 Å². The van der Waals surface area contributed by atoms with Gasteiger partial charge in [-0.3, -0.25) is 0 Å². The summed E-state index contributed by atoms with van der Waals surface area (Å²) < 4.78 is 18.4. The van der Waals surface area contributed by atoms with Crippen LogP contribution in [-0.2, 0) is 0 Å². The summed E-state index contributed by atoms with van der Waals surface area (Å²) in [5, 5.41) is 6.66. The second-order valence-corrected chi connectivity index (χ2v) is 5.24. The molecule has 0 saturated heterocycles. The van der Waals surface area contributed by atoms with E-state index in [1.807, 2.05) is 13.1 Å². The van der Waals surface area contributed by atoms with E-state index < -0.39 is 0 Å². The van der Waals surface area contributed by atoms with Crippen molar-refractivity contribution >= 4 is 5.69 Å². The highest BCUT2D eigenvalue weighted by atomic mass is 19.1. The largest absolute Gasteiger partial charge is 0.494 e. The minimum atomic E-state index is -0.314. The van der Waals surface area contributed by atoms with Crippen molar-refractivity contribution in [1.29, 1.82) is 0 Å². The molecule has 1 fully saturated rings. The molecular formula is C15H23FN2O. The molecule has 2 rings (SSSR count). The first kappa shape index (κ1) is 14.1. The summed E-state index contributed by atoms with van der Waals surface area (Å²) in [6.45, 7) is 0.919. The van der Waals surface area contributed by atoms with Gasteiger partial charge in [-0.1, -0.05) is 0 Å². The van der Waals surface area contributed by atoms with E-state index in [1.165, 1.54) is 38.9 Å². The highest BCUT2D eigenvalue weighted by Gasteiger charge is 2.19. The Labute approximate surface area is 114 Å². The molecule has 0 unspecified atom stereocenters. The van der Waals surface area contributed by atoms with Crippen molar-refractivity contribution in [2.45, 2.75) is 31.7 Å². The van der Waals surface area contributed by atoms with Crippen LogP contribution in [0.25, 0.3) is 0 Å². The van der Waals surface area contributed by atoms with Crippen molar-refractivity contribution in [3.8, 4) is 5.75 Å². The molecule has 1 aromatic carbocycles. The maximum absolute atomic E-state index is 13.5. The van der Waals surface area contributed by atoms with Gasteiger partial charge in [0.05, 0.1) is 7.11 Å². The molecule has 3 nitrogen and oxygen atoms in total. The van der Waals surface area contributed by atoms with E-state index in [0.717, 1.165) is 12.2 Å². The highest BCUT2D eigenvalue weighted by molar-refractivity contribution is 5.47. The van der Waals surface area contributed by atoms with Gasteiger partial charge in [0.15, 0.2) is 11.6 Å². The lowest BCUT2D eigenvalue weighted by Gasteiger charge is -2.28. The number of anilines is 1. The Morgan fingerprint density at radius 3 is 2.58 bits per heavy atom. The van der Waals surface area contributed by atoms with Crippen molar-refractivity contribution in [1.82, 2.24) is 5.32 Å². The number of ether oxygens (including phenoxy) is 1. The summed E-state index contributed by atoms with van der Waals surface area (Å²) in [5.41, 5.74) is 0.828. The van der Waals surface area contributed by atoms with Gasteiger partial charge in [0.1, 0.15) is 0 Å². The third-order valence-electron chi connectivity index (χ3n) is 4.00. The van der Waals surface area contributed by atoms with Gasteiger partial charge in [0, 0.05) is 24.3 Å². The second kappa shape index (κ2) is 6.75. The number of hydrogen-bond donors (Lipinski definition) is 2. The van der Waals surface area contributed by atoms with E-state index in [-0.39, 0.29) is 5.82 Å².